The van der Waals surface area contributed by atoms with Gasteiger partial charge in [0.05, 0.1) is 7.11 Å². The molecule has 0 N–H and O–H groups in total. The van der Waals surface area contributed by atoms with Gasteiger partial charge in [-0.25, -0.2) is 4.98 Å². The van der Waals surface area contributed by atoms with E-state index in [-0.39, 0.29) is 0 Å². The van der Waals surface area contributed by atoms with Gasteiger partial charge in [-0.05, 0) is 30.7 Å². The number of halogens is 1. The second kappa shape index (κ2) is 5.87. The molecule has 0 saturated carbocycles. The van der Waals surface area contributed by atoms with Gasteiger partial charge in [-0.15, -0.1) is 0 Å². The summed E-state index contributed by atoms with van der Waals surface area (Å²) >= 11 is 3.41. The van der Waals surface area contributed by atoms with Gasteiger partial charge < -0.3 is 9.47 Å². The van der Waals surface area contributed by atoms with E-state index in [0.717, 1.165) is 16.5 Å². The molecule has 2 aromatic rings. The van der Waals surface area contributed by atoms with E-state index in [1.165, 1.54) is 0 Å². The summed E-state index contributed by atoms with van der Waals surface area (Å²) in [4.78, 5) is 4.31. The van der Waals surface area contributed by atoms with Crippen LogP contribution in [0, 0.1) is 6.92 Å². The molecule has 0 bridgehead atoms. The standard InChI is InChI=1S/C14H14BrNO2/c1-10-7-11(8-15)9-16-14(10)18-13-6-4-3-5-12(13)17-2/h3-7,9H,8H2,1-2H3. The van der Waals surface area contributed by atoms with Gasteiger partial charge in [0.2, 0.25) is 5.88 Å². The van der Waals surface area contributed by atoms with Crippen LogP contribution < -0.4 is 9.47 Å². The van der Waals surface area contributed by atoms with Crippen LogP contribution in [-0.2, 0) is 5.33 Å². The van der Waals surface area contributed by atoms with Gasteiger partial charge in [-0.1, -0.05) is 28.1 Å². The van der Waals surface area contributed by atoms with Crippen molar-refractivity contribution in [3.63, 3.8) is 0 Å². The fourth-order valence-electron chi connectivity index (χ4n) is 1.61. The van der Waals surface area contributed by atoms with Crippen molar-refractivity contribution in [2.45, 2.75) is 12.3 Å². The first-order valence-electron chi connectivity index (χ1n) is 5.57. The first-order valence-corrected chi connectivity index (χ1v) is 6.69. The summed E-state index contributed by atoms with van der Waals surface area (Å²) in [6, 6.07) is 9.57. The molecule has 0 aliphatic carbocycles. The highest BCUT2D eigenvalue weighted by molar-refractivity contribution is 9.08. The molecule has 0 radical (unpaired) electrons. The van der Waals surface area contributed by atoms with Crippen molar-refractivity contribution in [3.05, 3.63) is 47.7 Å². The lowest BCUT2D eigenvalue weighted by Gasteiger charge is -2.11. The van der Waals surface area contributed by atoms with Crippen molar-refractivity contribution in [1.82, 2.24) is 4.98 Å². The average Bonchev–Trinajstić information content (AvgIpc) is 2.41. The average molecular weight is 308 g/mol. The molecule has 0 aliphatic heterocycles. The summed E-state index contributed by atoms with van der Waals surface area (Å²) in [6.45, 7) is 1.98. The van der Waals surface area contributed by atoms with E-state index in [2.05, 4.69) is 20.9 Å². The second-order valence-corrected chi connectivity index (χ2v) is 4.41. The second-order valence-electron chi connectivity index (χ2n) is 3.85. The van der Waals surface area contributed by atoms with E-state index < -0.39 is 0 Å². The molecule has 0 atom stereocenters. The molecule has 0 saturated heterocycles. The molecule has 0 spiro atoms. The van der Waals surface area contributed by atoms with E-state index in [1.807, 2.05) is 37.3 Å². The number of aryl methyl sites for hydroxylation is 1. The highest BCUT2D eigenvalue weighted by Crippen LogP contribution is 2.31. The summed E-state index contributed by atoms with van der Waals surface area (Å²) in [5.74, 6) is 1.97. The molecular weight excluding hydrogens is 294 g/mol. The van der Waals surface area contributed by atoms with E-state index in [9.17, 15) is 0 Å². The molecule has 0 amide bonds. The smallest absolute Gasteiger partial charge is 0.222 e. The van der Waals surface area contributed by atoms with E-state index in [1.54, 1.807) is 13.3 Å². The maximum Gasteiger partial charge on any atom is 0.222 e. The number of pyridine rings is 1. The zero-order valence-electron chi connectivity index (χ0n) is 10.3. The maximum absolute atomic E-state index is 5.78. The Morgan fingerprint density at radius 1 is 1.22 bits per heavy atom. The first-order chi connectivity index (χ1) is 8.74. The Bertz CT molecular complexity index is 543. The van der Waals surface area contributed by atoms with E-state index >= 15 is 0 Å². The van der Waals surface area contributed by atoms with Gasteiger partial charge in [0.15, 0.2) is 11.5 Å². The van der Waals surface area contributed by atoms with E-state index in [4.69, 9.17) is 9.47 Å². The quantitative estimate of drug-likeness (QED) is 0.797. The van der Waals surface area contributed by atoms with Crippen LogP contribution in [0.2, 0.25) is 0 Å². The predicted molar refractivity (Wildman–Crippen MR) is 74.7 cm³/mol. The molecule has 2 rings (SSSR count). The molecular formula is C14H14BrNO2. The Morgan fingerprint density at radius 2 is 1.94 bits per heavy atom. The summed E-state index contributed by atoms with van der Waals surface area (Å²) in [5.41, 5.74) is 2.12. The molecule has 18 heavy (non-hydrogen) atoms. The predicted octanol–water partition coefficient (Wildman–Crippen LogP) is 4.09. The lowest BCUT2D eigenvalue weighted by molar-refractivity contribution is 0.373. The minimum Gasteiger partial charge on any atom is -0.493 e. The van der Waals surface area contributed by atoms with Crippen LogP contribution in [-0.4, -0.2) is 12.1 Å². The van der Waals surface area contributed by atoms with Crippen molar-refractivity contribution in [1.29, 1.82) is 0 Å². The number of para-hydroxylation sites is 2. The lowest BCUT2D eigenvalue weighted by atomic mass is 10.2. The normalized spacial score (nSPS) is 10.2. The topological polar surface area (TPSA) is 31.4 Å². The number of rotatable bonds is 4. The summed E-state index contributed by atoms with van der Waals surface area (Å²) in [5, 5.41) is 0.787. The monoisotopic (exact) mass is 307 g/mol. The fraction of sp³-hybridized carbons (Fsp3) is 0.214. The van der Waals surface area contributed by atoms with Crippen molar-refractivity contribution < 1.29 is 9.47 Å². The molecule has 1 heterocycles. The van der Waals surface area contributed by atoms with Crippen molar-refractivity contribution in [2.24, 2.45) is 0 Å². The lowest BCUT2D eigenvalue weighted by Crippen LogP contribution is -1.95. The Hall–Kier alpha value is -1.55. The molecule has 3 nitrogen and oxygen atoms in total. The first kappa shape index (κ1) is 12.9. The van der Waals surface area contributed by atoms with Gasteiger partial charge in [0, 0.05) is 17.1 Å². The minimum absolute atomic E-state index is 0.601. The zero-order chi connectivity index (χ0) is 13.0. The molecule has 1 aromatic carbocycles. The summed E-state index contributed by atoms with van der Waals surface area (Å²) < 4.78 is 11.0. The van der Waals surface area contributed by atoms with E-state index in [0.29, 0.717) is 17.4 Å². The zero-order valence-corrected chi connectivity index (χ0v) is 11.9. The Morgan fingerprint density at radius 3 is 2.56 bits per heavy atom. The van der Waals surface area contributed by atoms with Crippen LogP contribution >= 0.6 is 15.9 Å². The van der Waals surface area contributed by atoms with Crippen LogP contribution in [0.3, 0.4) is 0 Å². The highest BCUT2D eigenvalue weighted by Gasteiger charge is 2.08. The molecule has 0 fully saturated rings. The number of aromatic nitrogens is 1. The molecule has 0 unspecified atom stereocenters. The number of alkyl halides is 1. The molecule has 0 aliphatic rings. The summed E-state index contributed by atoms with van der Waals surface area (Å²) in [6.07, 6.45) is 1.80. The largest absolute Gasteiger partial charge is 0.493 e. The molecule has 94 valence electrons. The number of hydrogen-bond acceptors (Lipinski definition) is 3. The molecule has 4 heteroatoms. The number of benzene rings is 1. The third-order valence-electron chi connectivity index (χ3n) is 2.52. The Kier molecular flexibility index (Phi) is 4.20. The number of nitrogens with zero attached hydrogens (tertiary/aromatic N) is 1. The number of methoxy groups -OCH3 is 1. The van der Waals surface area contributed by atoms with Gasteiger partial charge in [-0.2, -0.15) is 0 Å². The third kappa shape index (κ3) is 2.82. The number of ether oxygens (including phenoxy) is 2. The highest BCUT2D eigenvalue weighted by atomic mass is 79.9. The third-order valence-corrected chi connectivity index (χ3v) is 3.16. The molecule has 1 aromatic heterocycles. The van der Waals surface area contributed by atoms with Gasteiger partial charge in [0.1, 0.15) is 0 Å². The van der Waals surface area contributed by atoms with Crippen LogP contribution in [0.1, 0.15) is 11.1 Å². The Balaban J connectivity index is 2.28. The SMILES string of the molecule is COc1ccccc1Oc1ncc(CBr)cc1C. The van der Waals surface area contributed by atoms with Crippen LogP contribution in [0.4, 0.5) is 0 Å². The summed E-state index contributed by atoms with van der Waals surface area (Å²) in [7, 11) is 1.62. The van der Waals surface area contributed by atoms with Crippen LogP contribution in [0.15, 0.2) is 36.5 Å². The van der Waals surface area contributed by atoms with Crippen molar-refractivity contribution in [2.75, 3.05) is 7.11 Å². The van der Waals surface area contributed by atoms with Crippen LogP contribution in [0.5, 0.6) is 17.4 Å². The number of hydrogen-bond donors (Lipinski definition) is 0. The maximum atomic E-state index is 5.78. The van der Waals surface area contributed by atoms with Crippen molar-refractivity contribution >= 4 is 15.9 Å². The van der Waals surface area contributed by atoms with Gasteiger partial charge in [0.25, 0.3) is 0 Å². The van der Waals surface area contributed by atoms with Crippen LogP contribution in [0.25, 0.3) is 0 Å². The van der Waals surface area contributed by atoms with Gasteiger partial charge >= 0.3 is 0 Å². The minimum atomic E-state index is 0.601. The van der Waals surface area contributed by atoms with Crippen molar-refractivity contribution in [3.8, 4) is 17.4 Å². The van der Waals surface area contributed by atoms with Gasteiger partial charge in [-0.3, -0.25) is 0 Å². The Labute approximate surface area is 115 Å². The fourth-order valence-corrected chi connectivity index (χ4v) is 1.91.